The zero-order valence-electron chi connectivity index (χ0n) is 19.6. The van der Waals surface area contributed by atoms with E-state index in [1.54, 1.807) is 17.3 Å². The summed E-state index contributed by atoms with van der Waals surface area (Å²) in [6.45, 7) is 1.48. The van der Waals surface area contributed by atoms with E-state index >= 15 is 0 Å². The van der Waals surface area contributed by atoms with Crippen LogP contribution in [0.1, 0.15) is 67.3 Å². The van der Waals surface area contributed by atoms with Gasteiger partial charge < -0.3 is 14.5 Å². The van der Waals surface area contributed by atoms with Crippen LogP contribution in [-0.4, -0.2) is 58.9 Å². The average molecular weight is 450 g/mol. The summed E-state index contributed by atoms with van der Waals surface area (Å²) in [6.07, 6.45) is 11.8. The number of benzene rings is 1. The lowest BCUT2D eigenvalue weighted by atomic mass is 9.90. The monoisotopic (exact) mass is 449 g/mol. The largest absolute Gasteiger partial charge is 0.487 e. The number of rotatable bonds is 2. The molecule has 2 aliphatic rings. The van der Waals surface area contributed by atoms with Crippen LogP contribution in [0, 0.1) is 0 Å². The van der Waals surface area contributed by atoms with Gasteiger partial charge in [0.25, 0.3) is 5.91 Å². The smallest absolute Gasteiger partial charge is 0.257 e. The van der Waals surface area contributed by atoms with Crippen LogP contribution in [0.15, 0.2) is 48.8 Å². The molecular weight excluding hydrogens is 414 g/mol. The van der Waals surface area contributed by atoms with Gasteiger partial charge in [-0.3, -0.25) is 14.6 Å². The van der Waals surface area contributed by atoms with Gasteiger partial charge in [-0.05, 0) is 55.9 Å². The quantitative estimate of drug-likeness (QED) is 0.678. The minimum atomic E-state index is -0.112. The second-order valence-electron chi connectivity index (χ2n) is 9.27. The fourth-order valence-electron chi connectivity index (χ4n) is 5.03. The van der Waals surface area contributed by atoms with E-state index in [1.807, 2.05) is 43.4 Å². The first-order valence-corrected chi connectivity index (χ1v) is 12.3. The topological polar surface area (TPSA) is 62.7 Å². The number of hydrogen-bond acceptors (Lipinski definition) is 4. The molecule has 0 bridgehead atoms. The van der Waals surface area contributed by atoms with Gasteiger partial charge in [-0.25, -0.2) is 0 Å². The van der Waals surface area contributed by atoms with Crippen molar-refractivity contribution in [2.45, 2.75) is 69.9 Å². The lowest BCUT2D eigenvalue weighted by Gasteiger charge is -2.40. The fraction of sp³-hybridized carbons (Fsp3) is 0.519. The van der Waals surface area contributed by atoms with E-state index in [9.17, 15) is 9.59 Å². The van der Waals surface area contributed by atoms with Crippen LogP contribution in [0.2, 0.25) is 0 Å². The van der Waals surface area contributed by atoms with Gasteiger partial charge in [-0.15, -0.1) is 0 Å². The molecule has 6 nitrogen and oxygen atoms in total. The summed E-state index contributed by atoms with van der Waals surface area (Å²) in [7, 11) is 1.87. The van der Waals surface area contributed by atoms with Crippen LogP contribution in [-0.2, 0) is 11.2 Å². The molecular formula is C27H35N3O3. The van der Waals surface area contributed by atoms with Gasteiger partial charge in [-0.2, -0.15) is 0 Å². The van der Waals surface area contributed by atoms with E-state index in [0.29, 0.717) is 17.7 Å². The molecule has 4 rings (SSSR count). The van der Waals surface area contributed by atoms with Gasteiger partial charge in [0, 0.05) is 32.5 Å². The first-order valence-electron chi connectivity index (χ1n) is 12.3. The Morgan fingerprint density at radius 3 is 2.61 bits per heavy atom. The molecule has 2 amide bonds. The van der Waals surface area contributed by atoms with Crippen LogP contribution >= 0.6 is 0 Å². The molecule has 1 aliphatic heterocycles. The first-order chi connectivity index (χ1) is 16.1. The molecule has 2 heterocycles. The van der Waals surface area contributed by atoms with Crippen molar-refractivity contribution in [2.24, 2.45) is 0 Å². The van der Waals surface area contributed by atoms with Crippen LogP contribution in [0.25, 0.3) is 0 Å². The molecule has 1 aliphatic carbocycles. The highest BCUT2D eigenvalue weighted by Gasteiger charge is 2.35. The molecule has 0 spiro atoms. The molecule has 1 aromatic carbocycles. The Morgan fingerprint density at radius 1 is 1.00 bits per heavy atom. The molecule has 1 aromatic heterocycles. The summed E-state index contributed by atoms with van der Waals surface area (Å²) in [5.41, 5.74) is 1.55. The van der Waals surface area contributed by atoms with Crippen LogP contribution in [0.4, 0.5) is 0 Å². The molecule has 2 aromatic rings. The standard InChI is InChI=1S/C27H35N3O3/c1-29-17-8-2-3-9-18-30(26(31)19-21-11-10-16-28-20-21)23-13-5-7-15-25(23)33-24-14-6-4-12-22(24)27(29)32/h4,6,10-12,14,16,20,23,25H,2-3,5,7-9,13,15,17-19H2,1H3/t23-,25+/m1/s1. The number of hydrogen-bond donors (Lipinski definition) is 0. The van der Waals surface area contributed by atoms with Crippen molar-refractivity contribution in [1.82, 2.24) is 14.8 Å². The molecule has 0 saturated heterocycles. The zero-order chi connectivity index (χ0) is 23.0. The van der Waals surface area contributed by atoms with Gasteiger partial charge >= 0.3 is 0 Å². The van der Waals surface area contributed by atoms with Gasteiger partial charge in [-0.1, -0.05) is 37.5 Å². The van der Waals surface area contributed by atoms with E-state index in [-0.39, 0.29) is 24.0 Å². The second-order valence-corrected chi connectivity index (χ2v) is 9.27. The van der Waals surface area contributed by atoms with Gasteiger partial charge in [0.05, 0.1) is 18.0 Å². The minimum Gasteiger partial charge on any atom is -0.487 e. The summed E-state index contributed by atoms with van der Waals surface area (Å²) in [6, 6.07) is 11.4. The molecule has 1 saturated carbocycles. The minimum absolute atomic E-state index is 0.000436. The number of ether oxygens (including phenoxy) is 1. The molecule has 0 N–H and O–H groups in total. The number of carbonyl (C=O) groups excluding carboxylic acids is 2. The van der Waals surface area contributed by atoms with Crippen molar-refractivity contribution in [3.8, 4) is 5.75 Å². The van der Waals surface area contributed by atoms with Crippen molar-refractivity contribution < 1.29 is 14.3 Å². The van der Waals surface area contributed by atoms with Crippen molar-refractivity contribution in [2.75, 3.05) is 20.1 Å². The highest BCUT2D eigenvalue weighted by atomic mass is 16.5. The molecule has 33 heavy (non-hydrogen) atoms. The number of para-hydroxylation sites is 1. The highest BCUT2D eigenvalue weighted by Crippen LogP contribution is 2.30. The Morgan fingerprint density at radius 2 is 1.79 bits per heavy atom. The number of carbonyl (C=O) groups is 2. The Hall–Kier alpha value is -2.89. The summed E-state index contributed by atoms with van der Waals surface area (Å²) in [4.78, 5) is 34.6. The van der Waals surface area contributed by atoms with Gasteiger partial charge in [0.15, 0.2) is 0 Å². The van der Waals surface area contributed by atoms with Crippen molar-refractivity contribution in [3.05, 3.63) is 59.9 Å². The maximum absolute atomic E-state index is 13.5. The van der Waals surface area contributed by atoms with E-state index in [0.717, 1.165) is 70.0 Å². The zero-order valence-corrected chi connectivity index (χ0v) is 19.6. The number of aromatic nitrogens is 1. The lowest BCUT2D eigenvalue weighted by molar-refractivity contribution is -0.136. The maximum Gasteiger partial charge on any atom is 0.257 e. The number of nitrogens with zero attached hydrogens (tertiary/aromatic N) is 3. The number of amides is 2. The van der Waals surface area contributed by atoms with E-state index in [4.69, 9.17) is 4.74 Å². The molecule has 0 unspecified atom stereocenters. The lowest BCUT2D eigenvalue weighted by Crippen LogP contribution is -2.51. The molecule has 2 atom stereocenters. The summed E-state index contributed by atoms with van der Waals surface area (Å²) >= 11 is 0. The Labute approximate surface area is 196 Å². The van der Waals surface area contributed by atoms with Crippen molar-refractivity contribution in [3.63, 3.8) is 0 Å². The summed E-state index contributed by atoms with van der Waals surface area (Å²) in [5.74, 6) is 0.766. The average Bonchev–Trinajstić information content (AvgIpc) is 2.84. The molecule has 176 valence electrons. The Balaban J connectivity index is 1.62. The van der Waals surface area contributed by atoms with Gasteiger partial charge in [0.2, 0.25) is 5.91 Å². The van der Waals surface area contributed by atoms with E-state index in [1.165, 1.54) is 0 Å². The fourth-order valence-corrected chi connectivity index (χ4v) is 5.03. The van der Waals surface area contributed by atoms with Crippen molar-refractivity contribution in [1.29, 1.82) is 0 Å². The SMILES string of the molecule is CN1CCCCCCN(C(=O)Cc2cccnc2)[C@@H]2CCCC[C@@H]2Oc2ccccc2C1=O. The van der Waals surface area contributed by atoms with Gasteiger partial charge in [0.1, 0.15) is 11.9 Å². The Kier molecular flexibility index (Phi) is 7.97. The normalized spacial score (nSPS) is 22.5. The van der Waals surface area contributed by atoms with Crippen LogP contribution < -0.4 is 4.74 Å². The van der Waals surface area contributed by atoms with Crippen LogP contribution in [0.5, 0.6) is 5.75 Å². The third-order valence-corrected chi connectivity index (χ3v) is 6.85. The maximum atomic E-state index is 13.5. The summed E-state index contributed by atoms with van der Waals surface area (Å²) < 4.78 is 6.54. The predicted molar refractivity (Wildman–Crippen MR) is 128 cm³/mol. The second kappa shape index (κ2) is 11.3. The first kappa shape index (κ1) is 23.3. The Bertz CT molecular complexity index is 933. The predicted octanol–water partition coefficient (Wildman–Crippen LogP) is 4.49. The van der Waals surface area contributed by atoms with E-state index < -0.39 is 0 Å². The number of pyridine rings is 1. The highest BCUT2D eigenvalue weighted by molar-refractivity contribution is 5.96. The molecule has 6 heteroatoms. The molecule has 1 fully saturated rings. The third-order valence-electron chi connectivity index (χ3n) is 6.85. The number of fused-ring (bicyclic) bond motifs is 2. The third kappa shape index (κ3) is 5.92. The summed E-state index contributed by atoms with van der Waals surface area (Å²) in [5, 5.41) is 0. The van der Waals surface area contributed by atoms with Crippen molar-refractivity contribution >= 4 is 11.8 Å². The van der Waals surface area contributed by atoms with E-state index in [2.05, 4.69) is 9.88 Å². The van der Waals surface area contributed by atoms with Crippen LogP contribution in [0.3, 0.4) is 0 Å². The molecule has 0 radical (unpaired) electrons.